The van der Waals surface area contributed by atoms with E-state index in [4.69, 9.17) is 14.2 Å². The largest absolute Gasteiger partial charge is 0.490 e. The van der Waals surface area contributed by atoms with Gasteiger partial charge in [0.2, 0.25) is 0 Å². The van der Waals surface area contributed by atoms with E-state index in [0.717, 1.165) is 30.6 Å². The van der Waals surface area contributed by atoms with Crippen molar-refractivity contribution in [3.05, 3.63) is 59.2 Å². The maximum absolute atomic E-state index is 13.5. The first-order chi connectivity index (χ1) is 18.3. The van der Waals surface area contributed by atoms with Crippen LogP contribution < -0.4 is 14.8 Å². The number of ether oxygens (including phenoxy) is 3. The van der Waals surface area contributed by atoms with Crippen LogP contribution in [0.1, 0.15) is 69.1 Å². The number of rotatable bonds is 11. The quantitative estimate of drug-likeness (QED) is 0.395. The predicted molar refractivity (Wildman–Crippen MR) is 146 cm³/mol. The Hall–Kier alpha value is -3.02. The number of carbonyl (C=O) groups is 2. The van der Waals surface area contributed by atoms with E-state index < -0.39 is 5.41 Å². The van der Waals surface area contributed by atoms with Crippen molar-refractivity contribution in [1.82, 2.24) is 5.32 Å². The molecule has 4 aliphatic carbocycles. The van der Waals surface area contributed by atoms with Crippen molar-refractivity contribution in [1.29, 1.82) is 0 Å². The molecule has 0 heterocycles. The van der Waals surface area contributed by atoms with Crippen LogP contribution in [-0.2, 0) is 26.2 Å². The third kappa shape index (κ3) is 5.41. The number of nitrogens with one attached hydrogen (secondary N) is 1. The number of carbonyl (C=O) groups excluding carboxylic acids is 2. The van der Waals surface area contributed by atoms with E-state index in [1.807, 2.05) is 32.0 Å². The van der Waals surface area contributed by atoms with Crippen molar-refractivity contribution in [3.63, 3.8) is 0 Å². The summed E-state index contributed by atoms with van der Waals surface area (Å²) in [4.78, 5) is 26.0. The standard InChI is InChI=1S/C32H41NO5/c1-4-36-27-11-8-23(15-28(27)37-5-2)12-13-33-29(34)20-38-30(35)32-18-24-14-25(19-32)17-31(16-24,21-32)26-9-6-22(3)7-10-26/h6-11,15,24-25H,4-5,12-14,16-21H2,1-3H3,(H,33,34)/t24-,25+,31?,32?. The van der Waals surface area contributed by atoms with Crippen LogP contribution in [0.15, 0.2) is 42.5 Å². The van der Waals surface area contributed by atoms with Crippen LogP contribution in [0, 0.1) is 24.2 Å². The van der Waals surface area contributed by atoms with E-state index in [1.165, 1.54) is 30.4 Å². The van der Waals surface area contributed by atoms with Gasteiger partial charge in [-0.25, -0.2) is 0 Å². The Morgan fingerprint density at radius 3 is 2.29 bits per heavy atom. The predicted octanol–water partition coefficient (Wildman–Crippen LogP) is 5.53. The minimum Gasteiger partial charge on any atom is -0.490 e. The van der Waals surface area contributed by atoms with Gasteiger partial charge >= 0.3 is 5.97 Å². The minimum absolute atomic E-state index is 0.0666. The summed E-state index contributed by atoms with van der Waals surface area (Å²) in [6.45, 7) is 7.36. The third-order valence-electron chi connectivity index (χ3n) is 8.84. The summed E-state index contributed by atoms with van der Waals surface area (Å²) in [5.41, 5.74) is 3.29. The zero-order valence-electron chi connectivity index (χ0n) is 23.0. The van der Waals surface area contributed by atoms with E-state index in [-0.39, 0.29) is 23.9 Å². The van der Waals surface area contributed by atoms with E-state index in [1.54, 1.807) is 0 Å². The lowest BCUT2D eigenvalue weighted by atomic mass is 9.43. The fraction of sp³-hybridized carbons (Fsp3) is 0.562. The number of benzene rings is 2. The molecule has 0 aliphatic heterocycles. The molecule has 4 saturated carbocycles. The molecule has 2 aromatic carbocycles. The first-order valence-electron chi connectivity index (χ1n) is 14.2. The summed E-state index contributed by atoms with van der Waals surface area (Å²) < 4.78 is 17.0. The van der Waals surface area contributed by atoms with Crippen molar-refractivity contribution in [3.8, 4) is 11.5 Å². The molecule has 0 aromatic heterocycles. The van der Waals surface area contributed by atoms with E-state index in [9.17, 15) is 9.59 Å². The zero-order valence-corrected chi connectivity index (χ0v) is 23.0. The first-order valence-corrected chi connectivity index (χ1v) is 14.2. The number of hydrogen-bond donors (Lipinski definition) is 1. The van der Waals surface area contributed by atoms with Gasteiger partial charge in [0.05, 0.1) is 18.6 Å². The molecular weight excluding hydrogens is 478 g/mol. The molecule has 38 heavy (non-hydrogen) atoms. The third-order valence-corrected chi connectivity index (χ3v) is 8.84. The number of hydrogen-bond acceptors (Lipinski definition) is 5. The minimum atomic E-state index is -0.451. The monoisotopic (exact) mass is 519 g/mol. The second-order valence-electron chi connectivity index (χ2n) is 11.7. The Kier molecular flexibility index (Phi) is 7.69. The zero-order chi connectivity index (χ0) is 26.8. The first kappa shape index (κ1) is 26.6. The van der Waals surface area contributed by atoms with Crippen LogP contribution in [0.5, 0.6) is 11.5 Å². The molecule has 6 heteroatoms. The highest BCUT2D eigenvalue weighted by Crippen LogP contribution is 2.66. The van der Waals surface area contributed by atoms with Crippen LogP contribution in [-0.4, -0.2) is 38.2 Å². The summed E-state index contributed by atoms with van der Waals surface area (Å²) in [6.07, 6.45) is 6.85. The van der Waals surface area contributed by atoms with Crippen LogP contribution in [0.3, 0.4) is 0 Å². The Morgan fingerprint density at radius 2 is 1.61 bits per heavy atom. The summed E-state index contributed by atoms with van der Waals surface area (Å²) >= 11 is 0. The number of amides is 1. The van der Waals surface area contributed by atoms with Gasteiger partial charge in [-0.05, 0) is 106 Å². The van der Waals surface area contributed by atoms with Gasteiger partial charge in [0, 0.05) is 6.54 Å². The average molecular weight is 520 g/mol. The molecule has 204 valence electrons. The lowest BCUT2D eigenvalue weighted by Crippen LogP contribution is -2.57. The second kappa shape index (κ2) is 11.0. The molecule has 4 bridgehead atoms. The van der Waals surface area contributed by atoms with Gasteiger partial charge in [-0.1, -0.05) is 35.9 Å². The van der Waals surface area contributed by atoms with Gasteiger partial charge in [-0.3, -0.25) is 9.59 Å². The molecule has 2 aromatic rings. The van der Waals surface area contributed by atoms with Gasteiger partial charge in [0.25, 0.3) is 5.91 Å². The van der Waals surface area contributed by atoms with Crippen LogP contribution in [0.4, 0.5) is 0 Å². The lowest BCUT2D eigenvalue weighted by molar-refractivity contribution is -0.175. The highest BCUT2D eigenvalue weighted by molar-refractivity contribution is 5.83. The molecule has 4 atom stereocenters. The summed E-state index contributed by atoms with van der Waals surface area (Å²) in [5.74, 6) is 2.14. The van der Waals surface area contributed by atoms with E-state index in [0.29, 0.717) is 43.8 Å². The molecule has 1 N–H and O–H groups in total. The Labute approximate surface area is 226 Å². The molecule has 0 spiro atoms. The smallest absolute Gasteiger partial charge is 0.312 e. The molecule has 0 radical (unpaired) electrons. The van der Waals surface area contributed by atoms with Crippen molar-refractivity contribution < 1.29 is 23.8 Å². The SMILES string of the molecule is CCOc1ccc(CCNC(=O)COC(=O)C23C[C@H]4C[C@@H](C2)CC(c2ccc(C)cc2)(C4)C3)cc1OCC. The summed E-state index contributed by atoms with van der Waals surface area (Å²) in [6, 6.07) is 14.7. The van der Waals surface area contributed by atoms with Crippen LogP contribution in [0.2, 0.25) is 0 Å². The molecule has 6 nitrogen and oxygen atoms in total. The molecular formula is C32H41NO5. The van der Waals surface area contributed by atoms with Gasteiger partial charge in [-0.2, -0.15) is 0 Å². The normalized spacial score (nSPS) is 27.1. The topological polar surface area (TPSA) is 73.9 Å². The Morgan fingerprint density at radius 1 is 0.921 bits per heavy atom. The van der Waals surface area contributed by atoms with Crippen LogP contribution >= 0.6 is 0 Å². The fourth-order valence-electron chi connectivity index (χ4n) is 7.68. The summed E-state index contributed by atoms with van der Waals surface area (Å²) in [5, 5.41) is 2.90. The maximum atomic E-state index is 13.5. The fourth-order valence-corrected chi connectivity index (χ4v) is 7.68. The van der Waals surface area contributed by atoms with E-state index >= 15 is 0 Å². The molecule has 6 rings (SSSR count). The van der Waals surface area contributed by atoms with Gasteiger partial charge in [0.1, 0.15) is 0 Å². The Balaban J connectivity index is 1.15. The molecule has 4 aliphatic rings. The lowest BCUT2D eigenvalue weighted by Gasteiger charge is -2.61. The Bertz CT molecular complexity index is 1140. The molecule has 0 saturated heterocycles. The molecule has 4 fully saturated rings. The van der Waals surface area contributed by atoms with Gasteiger partial charge < -0.3 is 19.5 Å². The van der Waals surface area contributed by atoms with Crippen LogP contribution in [0.25, 0.3) is 0 Å². The van der Waals surface area contributed by atoms with Crippen molar-refractivity contribution >= 4 is 11.9 Å². The highest BCUT2D eigenvalue weighted by Gasteiger charge is 2.61. The number of aryl methyl sites for hydroxylation is 1. The highest BCUT2D eigenvalue weighted by atomic mass is 16.5. The van der Waals surface area contributed by atoms with E-state index in [2.05, 4.69) is 36.5 Å². The summed E-state index contributed by atoms with van der Waals surface area (Å²) in [7, 11) is 0. The molecule has 1 amide bonds. The van der Waals surface area contributed by atoms with Crippen molar-refractivity contribution in [2.45, 2.75) is 71.1 Å². The van der Waals surface area contributed by atoms with Gasteiger partial charge in [-0.15, -0.1) is 0 Å². The van der Waals surface area contributed by atoms with Crippen molar-refractivity contribution in [2.24, 2.45) is 17.3 Å². The second-order valence-corrected chi connectivity index (χ2v) is 11.7. The molecule has 2 unspecified atom stereocenters. The van der Waals surface area contributed by atoms with Gasteiger partial charge in [0.15, 0.2) is 18.1 Å². The number of esters is 1. The average Bonchev–Trinajstić information content (AvgIpc) is 2.88. The maximum Gasteiger partial charge on any atom is 0.312 e. The van der Waals surface area contributed by atoms with Crippen molar-refractivity contribution in [2.75, 3.05) is 26.4 Å².